The summed E-state index contributed by atoms with van der Waals surface area (Å²) in [6.45, 7) is 12.0. The molecule has 0 aromatic carbocycles. The first kappa shape index (κ1) is 57.2. The van der Waals surface area contributed by atoms with Crippen molar-refractivity contribution in [3.8, 4) is 0 Å². The first-order valence-corrected chi connectivity index (χ1v) is 25.6. The lowest BCUT2D eigenvalue weighted by atomic mass is 9.95. The van der Waals surface area contributed by atoms with Crippen molar-refractivity contribution in [2.24, 2.45) is 17.6 Å². The number of nitrogens with two attached hydrogens (primary N) is 1. The van der Waals surface area contributed by atoms with Gasteiger partial charge in [-0.3, -0.25) is 19.3 Å². The fraction of sp³-hybridized carbons (Fsp3) is 0.940. The zero-order valence-electron chi connectivity index (χ0n) is 40.4. The van der Waals surface area contributed by atoms with Crippen molar-refractivity contribution >= 4 is 17.7 Å². The molecule has 1 aliphatic rings. The molecule has 0 saturated carbocycles. The predicted octanol–water partition coefficient (Wildman–Crippen LogP) is 9.95. The number of hydrogen-bond donors (Lipinski definition) is 6. The van der Waals surface area contributed by atoms with Crippen LogP contribution >= 0.6 is 0 Å². The quantitative estimate of drug-likeness (QED) is 0.0262. The number of carbonyl (C=O) groups is 3. The zero-order valence-corrected chi connectivity index (χ0v) is 40.4. The molecule has 7 N–H and O–H groups in total. The molecule has 0 aromatic rings. The molecule has 0 aliphatic carbocycles. The molecule has 1 aliphatic heterocycles. The summed E-state index contributed by atoms with van der Waals surface area (Å²) in [7, 11) is 0. The largest absolute Gasteiger partial charge is 0.394 e. The Morgan fingerprint density at radius 1 is 0.639 bits per heavy atom. The molecule has 1 heterocycles. The topological polar surface area (TPSA) is 174 Å². The summed E-state index contributed by atoms with van der Waals surface area (Å²) in [5.74, 6) is -2.84. The molecule has 11 nitrogen and oxygen atoms in total. The van der Waals surface area contributed by atoms with Gasteiger partial charge in [-0.05, 0) is 37.5 Å². The Hall–Kier alpha value is -1.79. The first-order valence-electron chi connectivity index (χ1n) is 25.6. The van der Waals surface area contributed by atoms with Crippen molar-refractivity contribution in [1.82, 2.24) is 15.5 Å². The van der Waals surface area contributed by atoms with Gasteiger partial charge in [0.05, 0.1) is 18.8 Å². The standard InChI is InChI=1S/C50H98N4O7/c1-7-9-11-13-15-17-19-21-22-23-24-26-28-30-32-34-46(57)54(35-33-31-29-27-25-20-18-16-14-12-10-8-2)50(38-44(56)47(58)45(39-55)61-50)53-49(60)43(37-41(5)6)52-48(59)42(51)36-40(3)4/h40-45,47,55-56,58H,7-39,51H2,1-6H3,(H,52,59)(H,53,60)/t42-,43-,44+,45+,47-,50-/m0/s1. The van der Waals surface area contributed by atoms with E-state index >= 15 is 0 Å². The maximum Gasteiger partial charge on any atom is 0.246 e. The third kappa shape index (κ3) is 25.9. The lowest BCUT2D eigenvalue weighted by Gasteiger charge is -2.51. The number of hydrogen-bond acceptors (Lipinski definition) is 8. The van der Waals surface area contributed by atoms with Crippen molar-refractivity contribution in [3.05, 3.63) is 0 Å². The lowest BCUT2D eigenvalue weighted by molar-refractivity contribution is -0.280. The second kappa shape index (κ2) is 35.5. The molecule has 0 bridgehead atoms. The van der Waals surface area contributed by atoms with E-state index in [4.69, 9.17) is 10.5 Å². The minimum absolute atomic E-state index is 0.0297. The molecule has 11 heteroatoms. The molecule has 0 radical (unpaired) electrons. The highest BCUT2D eigenvalue weighted by atomic mass is 16.6. The Kier molecular flexibility index (Phi) is 33.3. The summed E-state index contributed by atoms with van der Waals surface area (Å²) in [5, 5.41) is 38.2. The summed E-state index contributed by atoms with van der Waals surface area (Å²) < 4.78 is 6.38. The van der Waals surface area contributed by atoms with Crippen LogP contribution in [-0.4, -0.2) is 87.3 Å². The minimum Gasteiger partial charge on any atom is -0.394 e. The number of nitrogens with one attached hydrogen (secondary N) is 2. The van der Waals surface area contributed by atoms with Gasteiger partial charge in [-0.1, -0.05) is 202 Å². The molecule has 61 heavy (non-hydrogen) atoms. The third-order valence-electron chi connectivity index (χ3n) is 12.5. The van der Waals surface area contributed by atoms with Crippen LogP contribution in [0.5, 0.6) is 0 Å². The van der Waals surface area contributed by atoms with Gasteiger partial charge in [0.25, 0.3) is 0 Å². The van der Waals surface area contributed by atoms with Crippen LogP contribution in [0.1, 0.15) is 241 Å². The van der Waals surface area contributed by atoms with E-state index in [2.05, 4.69) is 24.5 Å². The molecule has 1 fully saturated rings. The molecule has 3 amide bonds. The maximum atomic E-state index is 14.4. The molecule has 1 saturated heterocycles. The first-order chi connectivity index (χ1) is 29.3. The Balaban J connectivity index is 3.06. The van der Waals surface area contributed by atoms with E-state index in [1.807, 2.05) is 27.7 Å². The van der Waals surface area contributed by atoms with E-state index < -0.39 is 54.7 Å². The number of ether oxygens (including phenoxy) is 1. The van der Waals surface area contributed by atoms with E-state index in [-0.39, 0.29) is 37.1 Å². The molecular formula is C50H98N4O7. The van der Waals surface area contributed by atoms with Crippen LogP contribution in [0.3, 0.4) is 0 Å². The average Bonchev–Trinajstić information content (AvgIpc) is 3.21. The number of nitrogens with zero attached hydrogens (tertiary/aromatic N) is 1. The second-order valence-corrected chi connectivity index (χ2v) is 19.4. The zero-order chi connectivity index (χ0) is 45.3. The van der Waals surface area contributed by atoms with Crippen LogP contribution in [-0.2, 0) is 19.1 Å². The summed E-state index contributed by atoms with van der Waals surface area (Å²) >= 11 is 0. The fourth-order valence-electron chi connectivity index (χ4n) is 8.76. The molecule has 360 valence electrons. The van der Waals surface area contributed by atoms with Gasteiger partial charge in [-0.2, -0.15) is 0 Å². The van der Waals surface area contributed by atoms with E-state index in [9.17, 15) is 29.7 Å². The Bertz CT molecular complexity index is 1110. The number of aliphatic hydroxyl groups excluding tert-OH is 3. The number of amides is 3. The molecule has 1 rings (SSSR count). The highest BCUT2D eigenvalue weighted by Crippen LogP contribution is 2.33. The van der Waals surface area contributed by atoms with Crippen molar-refractivity contribution in [3.63, 3.8) is 0 Å². The lowest BCUT2D eigenvalue weighted by Crippen LogP contribution is -2.72. The minimum atomic E-state index is -1.84. The Morgan fingerprint density at radius 3 is 1.46 bits per heavy atom. The van der Waals surface area contributed by atoms with Gasteiger partial charge in [0.2, 0.25) is 23.6 Å². The van der Waals surface area contributed by atoms with E-state index in [1.54, 1.807) is 4.90 Å². The Morgan fingerprint density at radius 2 is 1.05 bits per heavy atom. The SMILES string of the molecule is CCCCCCCCCCCCCCCCCC(=O)N(CCCCCCCCCCCCCC)[C@@]1(NC(=O)[C@H](CC(C)C)NC(=O)[C@@H](N)CC(C)C)C[C@@H](O)[C@H](O)[C@@H](CO)O1. The van der Waals surface area contributed by atoms with E-state index in [0.717, 1.165) is 38.5 Å². The summed E-state index contributed by atoms with van der Waals surface area (Å²) in [6.07, 6.45) is 28.9. The van der Waals surface area contributed by atoms with Gasteiger partial charge in [-0.25, -0.2) is 0 Å². The van der Waals surface area contributed by atoms with Gasteiger partial charge in [0, 0.05) is 19.4 Å². The Labute approximate surface area is 374 Å². The van der Waals surface area contributed by atoms with Crippen LogP contribution in [0, 0.1) is 11.8 Å². The van der Waals surface area contributed by atoms with Crippen molar-refractivity contribution in [2.45, 2.75) is 277 Å². The van der Waals surface area contributed by atoms with Gasteiger partial charge >= 0.3 is 0 Å². The fourth-order valence-corrected chi connectivity index (χ4v) is 8.76. The van der Waals surface area contributed by atoms with Crippen LogP contribution in [0.25, 0.3) is 0 Å². The molecule has 0 aromatic heterocycles. The third-order valence-corrected chi connectivity index (χ3v) is 12.5. The van der Waals surface area contributed by atoms with Gasteiger partial charge in [-0.15, -0.1) is 0 Å². The van der Waals surface area contributed by atoms with Gasteiger partial charge in [0.1, 0.15) is 18.2 Å². The van der Waals surface area contributed by atoms with Crippen molar-refractivity contribution in [2.75, 3.05) is 13.2 Å². The number of unbranched alkanes of at least 4 members (excludes halogenated alkanes) is 25. The van der Waals surface area contributed by atoms with Crippen LogP contribution in [0.15, 0.2) is 0 Å². The summed E-state index contributed by atoms with van der Waals surface area (Å²) in [4.78, 5) is 43.5. The maximum absolute atomic E-state index is 14.4. The molecular weight excluding hydrogens is 769 g/mol. The van der Waals surface area contributed by atoms with Gasteiger partial charge < -0.3 is 36.4 Å². The summed E-state index contributed by atoms with van der Waals surface area (Å²) in [6, 6.07) is -1.78. The second-order valence-electron chi connectivity index (χ2n) is 19.4. The summed E-state index contributed by atoms with van der Waals surface area (Å²) in [5.41, 5.74) is 6.22. The highest BCUT2D eigenvalue weighted by Gasteiger charge is 2.52. The van der Waals surface area contributed by atoms with Crippen LogP contribution < -0.4 is 16.4 Å². The normalized spacial score (nSPS) is 20.2. The van der Waals surface area contributed by atoms with E-state index in [0.29, 0.717) is 25.7 Å². The van der Waals surface area contributed by atoms with E-state index in [1.165, 1.54) is 122 Å². The average molecular weight is 867 g/mol. The van der Waals surface area contributed by atoms with Crippen molar-refractivity contribution < 1.29 is 34.4 Å². The smallest absolute Gasteiger partial charge is 0.246 e. The molecule has 6 atom stereocenters. The number of rotatable bonds is 39. The number of carbonyl (C=O) groups excluding carboxylic acids is 3. The number of aliphatic hydroxyl groups is 3. The highest BCUT2D eigenvalue weighted by molar-refractivity contribution is 5.90. The van der Waals surface area contributed by atoms with Crippen molar-refractivity contribution in [1.29, 1.82) is 0 Å². The van der Waals surface area contributed by atoms with Crippen LogP contribution in [0.2, 0.25) is 0 Å². The monoisotopic (exact) mass is 867 g/mol. The molecule has 0 unspecified atom stereocenters. The predicted molar refractivity (Wildman–Crippen MR) is 251 cm³/mol. The van der Waals surface area contributed by atoms with Gasteiger partial charge in [0.15, 0.2) is 0 Å². The van der Waals surface area contributed by atoms with Crippen LogP contribution in [0.4, 0.5) is 0 Å². The molecule has 0 spiro atoms.